The lowest BCUT2D eigenvalue weighted by Gasteiger charge is -2.30. The standard InChI is InChI=1S/C26H41NO4/c1-5-8-9-10-11-12-14-22-15-17-23(18-16-22)19-20-26(27-21(4)28,24(29)13-6-2)25(30)31-7-3/h15-18H,5-14,19-20H2,1-4H3,(H,27,28). The van der Waals surface area contributed by atoms with Crippen molar-refractivity contribution in [3.05, 3.63) is 35.4 Å². The zero-order valence-electron chi connectivity index (χ0n) is 19.9. The third kappa shape index (κ3) is 9.24. The van der Waals surface area contributed by atoms with Crippen LogP contribution >= 0.6 is 0 Å². The number of amides is 1. The second-order valence-electron chi connectivity index (χ2n) is 8.31. The molecule has 0 fully saturated rings. The Hall–Kier alpha value is -2.17. The lowest BCUT2D eigenvalue weighted by Crippen LogP contribution is -2.60. The topological polar surface area (TPSA) is 72.5 Å². The number of ketones is 1. The Kier molecular flexibility index (Phi) is 12.8. The van der Waals surface area contributed by atoms with E-state index in [9.17, 15) is 14.4 Å². The van der Waals surface area contributed by atoms with E-state index in [2.05, 4.69) is 36.5 Å². The van der Waals surface area contributed by atoms with Crippen LogP contribution in [0.25, 0.3) is 0 Å². The molecule has 31 heavy (non-hydrogen) atoms. The second-order valence-corrected chi connectivity index (χ2v) is 8.31. The number of ether oxygens (including phenoxy) is 1. The van der Waals surface area contributed by atoms with Crippen LogP contribution in [0.15, 0.2) is 24.3 Å². The first-order valence-electron chi connectivity index (χ1n) is 12.0. The zero-order chi connectivity index (χ0) is 23.1. The van der Waals surface area contributed by atoms with Crippen LogP contribution in [-0.4, -0.2) is 29.8 Å². The van der Waals surface area contributed by atoms with Gasteiger partial charge in [0, 0.05) is 13.3 Å². The van der Waals surface area contributed by atoms with Crippen molar-refractivity contribution in [3.8, 4) is 0 Å². The molecule has 1 rings (SSSR count). The molecule has 0 aliphatic rings. The zero-order valence-corrected chi connectivity index (χ0v) is 19.9. The molecule has 1 amide bonds. The van der Waals surface area contributed by atoms with Crippen molar-refractivity contribution < 1.29 is 19.1 Å². The van der Waals surface area contributed by atoms with Gasteiger partial charge in [-0.2, -0.15) is 0 Å². The van der Waals surface area contributed by atoms with E-state index in [0.29, 0.717) is 12.8 Å². The van der Waals surface area contributed by atoms with Crippen LogP contribution in [0, 0.1) is 0 Å². The number of carbonyl (C=O) groups is 3. The molecule has 0 aliphatic carbocycles. The number of Topliss-reactive ketones (excluding diaryl/α,β-unsaturated/α-hetero) is 1. The maximum absolute atomic E-state index is 12.9. The molecule has 0 spiro atoms. The summed E-state index contributed by atoms with van der Waals surface area (Å²) in [5, 5.41) is 2.63. The SMILES string of the molecule is CCCCCCCCc1ccc(CCC(NC(C)=O)(C(=O)CCC)C(=O)OCC)cc1. The average Bonchev–Trinajstić information content (AvgIpc) is 2.74. The fourth-order valence-electron chi connectivity index (χ4n) is 3.85. The molecule has 0 saturated heterocycles. The van der Waals surface area contributed by atoms with Gasteiger partial charge in [-0.15, -0.1) is 0 Å². The fraction of sp³-hybridized carbons (Fsp3) is 0.654. The summed E-state index contributed by atoms with van der Waals surface area (Å²) in [7, 11) is 0. The average molecular weight is 432 g/mol. The van der Waals surface area contributed by atoms with E-state index < -0.39 is 17.4 Å². The van der Waals surface area contributed by atoms with Crippen molar-refractivity contribution in [2.24, 2.45) is 0 Å². The molecule has 1 atom stereocenters. The number of unbranched alkanes of at least 4 members (excludes halogenated alkanes) is 5. The van der Waals surface area contributed by atoms with E-state index in [0.717, 1.165) is 12.0 Å². The predicted octanol–water partition coefficient (Wildman–Crippen LogP) is 5.33. The fourth-order valence-corrected chi connectivity index (χ4v) is 3.85. The van der Waals surface area contributed by atoms with Gasteiger partial charge in [-0.1, -0.05) is 70.2 Å². The lowest BCUT2D eigenvalue weighted by atomic mass is 9.84. The highest BCUT2D eigenvalue weighted by Crippen LogP contribution is 2.22. The highest BCUT2D eigenvalue weighted by atomic mass is 16.5. The Balaban J connectivity index is 2.79. The van der Waals surface area contributed by atoms with E-state index >= 15 is 0 Å². The predicted molar refractivity (Wildman–Crippen MR) is 125 cm³/mol. The van der Waals surface area contributed by atoms with Gasteiger partial charge in [-0.25, -0.2) is 4.79 Å². The molecule has 5 nitrogen and oxygen atoms in total. The summed E-state index contributed by atoms with van der Waals surface area (Å²) < 4.78 is 5.19. The van der Waals surface area contributed by atoms with Crippen LogP contribution in [0.5, 0.6) is 0 Å². The molecular formula is C26H41NO4. The maximum atomic E-state index is 12.9. The van der Waals surface area contributed by atoms with Crippen LogP contribution in [-0.2, 0) is 32.0 Å². The molecule has 1 unspecified atom stereocenters. The Morgan fingerprint density at radius 1 is 0.839 bits per heavy atom. The van der Waals surface area contributed by atoms with E-state index in [4.69, 9.17) is 4.74 Å². The van der Waals surface area contributed by atoms with Crippen LogP contribution in [0.2, 0.25) is 0 Å². The summed E-state index contributed by atoms with van der Waals surface area (Å²) >= 11 is 0. The number of aryl methyl sites for hydroxylation is 2. The molecule has 0 heterocycles. The Labute approximate surface area is 188 Å². The van der Waals surface area contributed by atoms with Crippen LogP contribution in [0.3, 0.4) is 0 Å². The normalized spacial score (nSPS) is 12.8. The largest absolute Gasteiger partial charge is 0.464 e. The first-order chi connectivity index (χ1) is 14.9. The summed E-state index contributed by atoms with van der Waals surface area (Å²) in [4.78, 5) is 37.5. The summed E-state index contributed by atoms with van der Waals surface area (Å²) in [6, 6.07) is 8.36. The molecule has 174 valence electrons. The maximum Gasteiger partial charge on any atom is 0.339 e. The van der Waals surface area contributed by atoms with E-state index in [1.54, 1.807) is 6.92 Å². The Bertz CT molecular complexity index is 663. The quantitative estimate of drug-likeness (QED) is 0.218. The van der Waals surface area contributed by atoms with Crippen molar-refractivity contribution >= 4 is 17.7 Å². The van der Waals surface area contributed by atoms with Crippen LogP contribution in [0.1, 0.15) is 96.6 Å². The third-order valence-corrected chi connectivity index (χ3v) is 5.60. The minimum atomic E-state index is -1.62. The van der Waals surface area contributed by atoms with Crippen LogP contribution < -0.4 is 5.32 Å². The minimum Gasteiger partial charge on any atom is -0.464 e. The molecule has 0 bridgehead atoms. The lowest BCUT2D eigenvalue weighted by molar-refractivity contribution is -0.158. The summed E-state index contributed by atoms with van der Waals surface area (Å²) in [5.74, 6) is -1.36. The van der Waals surface area contributed by atoms with Gasteiger partial charge in [0.15, 0.2) is 11.3 Å². The number of esters is 1. The van der Waals surface area contributed by atoms with Gasteiger partial charge >= 0.3 is 5.97 Å². The molecule has 5 heteroatoms. The van der Waals surface area contributed by atoms with Gasteiger partial charge in [0.25, 0.3) is 0 Å². The first-order valence-corrected chi connectivity index (χ1v) is 12.0. The summed E-state index contributed by atoms with van der Waals surface area (Å²) in [5.41, 5.74) is 0.726. The minimum absolute atomic E-state index is 0.159. The number of rotatable bonds is 16. The monoisotopic (exact) mass is 431 g/mol. The summed E-state index contributed by atoms with van der Waals surface area (Å²) in [6.07, 6.45) is 10.3. The third-order valence-electron chi connectivity index (χ3n) is 5.60. The van der Waals surface area contributed by atoms with Crippen molar-refractivity contribution in [2.75, 3.05) is 6.61 Å². The molecule has 1 N–H and O–H groups in total. The van der Waals surface area contributed by atoms with Gasteiger partial charge in [-0.3, -0.25) is 9.59 Å². The van der Waals surface area contributed by atoms with Crippen molar-refractivity contribution in [1.82, 2.24) is 5.32 Å². The molecule has 1 aromatic rings. The van der Waals surface area contributed by atoms with E-state index in [1.165, 1.54) is 51.0 Å². The summed E-state index contributed by atoms with van der Waals surface area (Å²) in [6.45, 7) is 7.29. The van der Waals surface area contributed by atoms with Crippen LogP contribution in [0.4, 0.5) is 0 Å². The first kappa shape index (κ1) is 26.9. The Morgan fingerprint density at radius 3 is 1.97 bits per heavy atom. The number of nitrogens with one attached hydrogen (secondary N) is 1. The van der Waals surface area contributed by atoms with Crippen molar-refractivity contribution in [2.45, 2.75) is 104 Å². The van der Waals surface area contributed by atoms with Gasteiger partial charge in [0.2, 0.25) is 5.91 Å². The van der Waals surface area contributed by atoms with Gasteiger partial charge in [0.05, 0.1) is 6.61 Å². The van der Waals surface area contributed by atoms with Crippen molar-refractivity contribution in [3.63, 3.8) is 0 Å². The van der Waals surface area contributed by atoms with Gasteiger partial charge in [-0.05, 0) is 50.2 Å². The Morgan fingerprint density at radius 2 is 1.42 bits per heavy atom. The van der Waals surface area contributed by atoms with Gasteiger partial charge in [0.1, 0.15) is 0 Å². The van der Waals surface area contributed by atoms with E-state index in [-0.39, 0.29) is 25.2 Å². The molecule has 0 aliphatic heterocycles. The number of hydrogen-bond acceptors (Lipinski definition) is 4. The van der Waals surface area contributed by atoms with Gasteiger partial charge < -0.3 is 10.1 Å². The number of carbonyl (C=O) groups excluding carboxylic acids is 3. The molecule has 1 aromatic carbocycles. The molecule has 0 aromatic heterocycles. The van der Waals surface area contributed by atoms with Crippen molar-refractivity contribution in [1.29, 1.82) is 0 Å². The highest BCUT2D eigenvalue weighted by Gasteiger charge is 2.46. The molecule has 0 radical (unpaired) electrons. The second kappa shape index (κ2) is 14.8. The van der Waals surface area contributed by atoms with E-state index in [1.807, 2.05) is 6.92 Å². The molecular weight excluding hydrogens is 390 g/mol. The molecule has 0 saturated carbocycles. The number of benzene rings is 1. The number of hydrogen-bond donors (Lipinski definition) is 1. The highest BCUT2D eigenvalue weighted by molar-refractivity contribution is 6.10. The smallest absolute Gasteiger partial charge is 0.339 e.